The molecule has 0 saturated heterocycles. The fourth-order valence-corrected chi connectivity index (χ4v) is 9.35. The summed E-state index contributed by atoms with van der Waals surface area (Å²) in [6, 6.07) is 0. The fourth-order valence-electron chi connectivity index (χ4n) is 1.58. The van der Waals surface area contributed by atoms with Crippen molar-refractivity contribution in [1.82, 2.24) is 0 Å². The van der Waals surface area contributed by atoms with E-state index in [4.69, 9.17) is 11.3 Å². The molecule has 0 fully saturated rings. The molecule has 0 aliphatic heterocycles. The molecule has 25 heavy (non-hydrogen) atoms. The summed E-state index contributed by atoms with van der Waals surface area (Å²) < 4.78 is 25.5. The van der Waals surface area contributed by atoms with E-state index in [2.05, 4.69) is 26.3 Å². The molecule has 0 rings (SSSR count). The predicted octanol–water partition coefficient (Wildman–Crippen LogP) is 5.73. The van der Waals surface area contributed by atoms with E-state index in [1.54, 1.807) is 24.3 Å². The Kier molecular flexibility index (Phi) is 8.47. The van der Waals surface area contributed by atoms with Gasteiger partial charge in [-0.25, -0.2) is 0 Å². The fraction of sp³-hybridized carbons (Fsp3) is 0.600. The second-order valence-corrected chi connectivity index (χ2v) is 12.6. The summed E-state index contributed by atoms with van der Waals surface area (Å²) in [4.78, 5) is 0. The van der Waals surface area contributed by atoms with Gasteiger partial charge in [-0.05, 0) is 0 Å². The van der Waals surface area contributed by atoms with Gasteiger partial charge in [0.25, 0.3) is 0 Å². The van der Waals surface area contributed by atoms with E-state index in [1.807, 2.05) is 55.4 Å². The van der Waals surface area contributed by atoms with Crippen LogP contribution in [0.1, 0.15) is 55.4 Å². The Hall–Kier alpha value is -0.317. The van der Waals surface area contributed by atoms with E-state index in [-0.39, 0.29) is 0 Å². The average molecular weight is 432 g/mol. The average Bonchev–Trinajstić information content (AvgIpc) is 2.45. The molecule has 0 unspecified atom stereocenters. The third kappa shape index (κ3) is 8.74. The molecule has 0 saturated carbocycles. The van der Waals surface area contributed by atoms with Crippen LogP contribution in [-0.2, 0) is 33.3 Å². The Morgan fingerprint density at radius 2 is 0.640 bits per heavy atom. The van der Waals surface area contributed by atoms with Gasteiger partial charge in [-0.2, -0.15) is 0 Å². The molecule has 0 aliphatic carbocycles. The van der Waals surface area contributed by atoms with Gasteiger partial charge in [0.05, 0.1) is 0 Å². The summed E-state index contributed by atoms with van der Waals surface area (Å²) in [6.07, 6.45) is 6.82. The summed E-state index contributed by atoms with van der Waals surface area (Å²) in [6.45, 7) is 30.5. The zero-order valence-corrected chi connectivity index (χ0v) is 19.7. The molecule has 0 atom stereocenters. The number of hydrogen-bond donors (Lipinski definition) is 0. The Balaban J connectivity index is 6.26. The van der Waals surface area contributed by atoms with Crippen LogP contribution in [0.4, 0.5) is 0 Å². The topological polar surface area (TPSA) is 36.9 Å². The summed E-state index contributed by atoms with van der Waals surface area (Å²) in [5.74, 6) is 0. The molecular weight excluding hydrogens is 395 g/mol. The molecule has 4 nitrogen and oxygen atoms in total. The Labute approximate surface area is 161 Å². The first-order valence-electron chi connectivity index (χ1n) is 8.42. The van der Waals surface area contributed by atoms with Crippen molar-refractivity contribution in [2.45, 2.75) is 77.8 Å². The summed E-state index contributed by atoms with van der Waals surface area (Å²) in [5.41, 5.74) is -2.77. The molecule has 0 radical (unpaired) electrons. The molecule has 0 aromatic rings. The van der Waals surface area contributed by atoms with Crippen LogP contribution < -0.4 is 0 Å². The van der Waals surface area contributed by atoms with Crippen LogP contribution >= 0.6 is 0 Å². The van der Waals surface area contributed by atoms with Gasteiger partial charge in [-0.1, -0.05) is 0 Å². The zero-order valence-electron chi connectivity index (χ0n) is 17.3. The van der Waals surface area contributed by atoms with Crippen LogP contribution in [0.5, 0.6) is 0 Å². The first-order chi connectivity index (χ1) is 11.1. The molecule has 0 amide bonds. The molecule has 0 bridgehead atoms. The number of hydrogen-bond acceptors (Lipinski definition) is 4. The van der Waals surface area contributed by atoms with Crippen LogP contribution in [0.3, 0.4) is 0 Å². The molecule has 0 aliphatic rings. The second kappa shape index (κ2) is 8.58. The molecule has 0 N–H and O–H groups in total. The Morgan fingerprint density at radius 1 is 0.480 bits per heavy atom. The molecule has 0 aromatic carbocycles. The summed E-state index contributed by atoms with van der Waals surface area (Å²) in [7, 11) is 0. The molecule has 5 heteroatoms. The van der Waals surface area contributed by atoms with Crippen molar-refractivity contribution in [3.05, 3.63) is 50.6 Å². The van der Waals surface area contributed by atoms with E-state index in [1.165, 1.54) is 0 Å². The van der Waals surface area contributed by atoms with E-state index < -0.39 is 44.4 Å². The van der Waals surface area contributed by atoms with Gasteiger partial charge in [0, 0.05) is 0 Å². The predicted molar refractivity (Wildman–Crippen MR) is 101 cm³/mol. The van der Waals surface area contributed by atoms with Gasteiger partial charge >= 0.3 is 162 Å². The third-order valence-corrected chi connectivity index (χ3v) is 11.1. The second-order valence-electron chi connectivity index (χ2n) is 8.14. The minimum atomic E-state index is -4.66. The van der Waals surface area contributed by atoms with Crippen LogP contribution in [0.25, 0.3) is 0 Å². The van der Waals surface area contributed by atoms with Crippen LogP contribution in [0.2, 0.25) is 0 Å². The van der Waals surface area contributed by atoms with Crippen LogP contribution in [0, 0.1) is 0 Å². The minimum absolute atomic E-state index is 0.693. The molecule has 0 spiro atoms. The molecular formula is C20H36O4Zr. The van der Waals surface area contributed by atoms with Crippen molar-refractivity contribution in [1.29, 1.82) is 0 Å². The molecule has 0 heterocycles. The Morgan fingerprint density at radius 3 is 0.760 bits per heavy atom. The van der Waals surface area contributed by atoms with Gasteiger partial charge in [-0.15, -0.1) is 0 Å². The van der Waals surface area contributed by atoms with E-state index in [0.717, 1.165) is 0 Å². The van der Waals surface area contributed by atoms with Crippen molar-refractivity contribution in [2.75, 3.05) is 0 Å². The zero-order chi connectivity index (χ0) is 20.2. The van der Waals surface area contributed by atoms with Gasteiger partial charge in [-0.3, -0.25) is 0 Å². The van der Waals surface area contributed by atoms with Gasteiger partial charge in [0.2, 0.25) is 0 Å². The van der Waals surface area contributed by atoms with Crippen molar-refractivity contribution < 1.29 is 33.3 Å². The quantitative estimate of drug-likeness (QED) is 0.370. The maximum absolute atomic E-state index is 6.37. The van der Waals surface area contributed by atoms with Crippen LogP contribution in [0.15, 0.2) is 50.6 Å². The van der Waals surface area contributed by atoms with Crippen molar-refractivity contribution in [3.63, 3.8) is 0 Å². The van der Waals surface area contributed by atoms with Crippen molar-refractivity contribution >= 4 is 0 Å². The number of rotatable bonds is 12. The third-order valence-electron chi connectivity index (χ3n) is 3.52. The van der Waals surface area contributed by atoms with Gasteiger partial charge < -0.3 is 0 Å². The summed E-state index contributed by atoms with van der Waals surface area (Å²) >= 11 is -4.66. The van der Waals surface area contributed by atoms with Crippen molar-refractivity contribution in [3.8, 4) is 0 Å². The van der Waals surface area contributed by atoms with Crippen molar-refractivity contribution in [2.24, 2.45) is 0 Å². The maximum atomic E-state index is 6.37. The van der Waals surface area contributed by atoms with Gasteiger partial charge in [0.1, 0.15) is 0 Å². The summed E-state index contributed by atoms with van der Waals surface area (Å²) in [5, 5.41) is 0. The van der Waals surface area contributed by atoms with Crippen LogP contribution in [-0.4, -0.2) is 22.4 Å². The SMILES string of the molecule is C=CC(C)(C)[O][Zr]([O]C(C)(C)C=C)([O]C(C)(C)C=C)[O]C(C)(C)C=C. The molecule has 144 valence electrons. The van der Waals surface area contributed by atoms with E-state index in [9.17, 15) is 0 Å². The first kappa shape index (κ1) is 24.7. The van der Waals surface area contributed by atoms with Gasteiger partial charge in [0.15, 0.2) is 0 Å². The normalized spacial score (nSPS) is 14.1. The van der Waals surface area contributed by atoms with E-state index >= 15 is 0 Å². The first-order valence-corrected chi connectivity index (χ1v) is 12.4. The monoisotopic (exact) mass is 430 g/mol. The van der Waals surface area contributed by atoms with E-state index in [0.29, 0.717) is 0 Å². The molecule has 0 aromatic heterocycles. The Bertz CT molecular complexity index is 410. The standard InChI is InChI=1S/4C5H9O.Zr/c4*1-4-5(2,3)6;/h4*4H,1H2,2-3H3;/q4*-1;+4.